The number of esters is 1. The van der Waals surface area contributed by atoms with Crippen molar-refractivity contribution in [1.29, 1.82) is 0 Å². The van der Waals surface area contributed by atoms with Crippen LogP contribution in [0.1, 0.15) is 16.7 Å². The van der Waals surface area contributed by atoms with Crippen molar-refractivity contribution in [3.63, 3.8) is 0 Å². The van der Waals surface area contributed by atoms with Gasteiger partial charge in [-0.3, -0.25) is 4.79 Å². The van der Waals surface area contributed by atoms with Gasteiger partial charge in [-0.05, 0) is 65.2 Å². The molecule has 40 heavy (non-hydrogen) atoms. The second kappa shape index (κ2) is 14.5. The first-order chi connectivity index (χ1) is 19.6. The van der Waals surface area contributed by atoms with Gasteiger partial charge in [0.1, 0.15) is 18.1 Å². The van der Waals surface area contributed by atoms with Crippen LogP contribution in [0.2, 0.25) is 0 Å². The molecular formula is C32H28N2O6. The van der Waals surface area contributed by atoms with Crippen LogP contribution in [0.25, 0.3) is 6.08 Å². The highest BCUT2D eigenvalue weighted by atomic mass is 16.6. The Morgan fingerprint density at radius 2 is 1.45 bits per heavy atom. The normalized spacial score (nSPS) is 10.8. The van der Waals surface area contributed by atoms with Gasteiger partial charge in [0.2, 0.25) is 0 Å². The van der Waals surface area contributed by atoms with Crippen molar-refractivity contribution < 1.29 is 28.5 Å². The van der Waals surface area contributed by atoms with E-state index in [0.29, 0.717) is 29.4 Å². The quantitative estimate of drug-likeness (QED) is 0.0854. The Hall–Kier alpha value is -5.37. The Morgan fingerprint density at radius 3 is 2.15 bits per heavy atom. The molecule has 0 aliphatic rings. The SMILES string of the molecule is COc1cc(C=NNC(=O)COc2ccc(OCc3ccccc3)cc2)ccc1OC(=O)C=Cc1ccccc1. The van der Waals surface area contributed by atoms with Crippen LogP contribution in [-0.4, -0.2) is 31.8 Å². The minimum absolute atomic E-state index is 0.212. The lowest BCUT2D eigenvalue weighted by Gasteiger charge is -2.09. The van der Waals surface area contributed by atoms with Crippen LogP contribution in [0.3, 0.4) is 0 Å². The number of hydrogen-bond donors (Lipinski definition) is 1. The van der Waals surface area contributed by atoms with Crippen LogP contribution in [0, 0.1) is 0 Å². The summed E-state index contributed by atoms with van der Waals surface area (Å²) in [5.74, 6) is 0.867. The topological polar surface area (TPSA) is 95.5 Å². The molecule has 0 saturated carbocycles. The minimum atomic E-state index is -0.537. The van der Waals surface area contributed by atoms with Gasteiger partial charge in [-0.2, -0.15) is 5.10 Å². The van der Waals surface area contributed by atoms with Crippen LogP contribution in [0.4, 0.5) is 0 Å². The number of benzene rings is 4. The predicted octanol–water partition coefficient (Wildman–Crippen LogP) is 5.42. The fourth-order valence-electron chi connectivity index (χ4n) is 3.45. The number of rotatable bonds is 12. The van der Waals surface area contributed by atoms with E-state index in [0.717, 1.165) is 11.1 Å². The van der Waals surface area contributed by atoms with E-state index in [9.17, 15) is 9.59 Å². The molecule has 0 saturated heterocycles. The molecule has 0 heterocycles. The third-order valence-corrected chi connectivity index (χ3v) is 5.45. The molecule has 1 amide bonds. The van der Waals surface area contributed by atoms with E-state index in [1.807, 2.05) is 60.7 Å². The standard InChI is InChI=1S/C32H28N2O6/c1-37-30-20-26(12-18-29(30)40-32(36)19-13-24-8-4-2-5-9-24)21-33-34-31(35)23-39-28-16-14-27(15-17-28)38-22-25-10-6-3-7-11-25/h2-21H,22-23H2,1H3,(H,34,35). The fourth-order valence-corrected chi connectivity index (χ4v) is 3.45. The largest absolute Gasteiger partial charge is 0.493 e. The lowest BCUT2D eigenvalue weighted by atomic mass is 10.2. The molecule has 0 aromatic heterocycles. The van der Waals surface area contributed by atoms with Crippen LogP contribution >= 0.6 is 0 Å². The van der Waals surface area contributed by atoms with Gasteiger partial charge in [0, 0.05) is 6.08 Å². The van der Waals surface area contributed by atoms with E-state index in [1.54, 1.807) is 48.5 Å². The number of amides is 1. The first-order valence-corrected chi connectivity index (χ1v) is 12.4. The van der Waals surface area contributed by atoms with Crippen molar-refractivity contribution in [2.75, 3.05) is 13.7 Å². The molecule has 0 atom stereocenters. The van der Waals surface area contributed by atoms with Gasteiger partial charge in [0.15, 0.2) is 18.1 Å². The smallest absolute Gasteiger partial charge is 0.336 e. The first-order valence-electron chi connectivity index (χ1n) is 12.4. The maximum Gasteiger partial charge on any atom is 0.336 e. The maximum absolute atomic E-state index is 12.2. The highest BCUT2D eigenvalue weighted by Gasteiger charge is 2.09. The Kier molecular flexibility index (Phi) is 10.1. The summed E-state index contributed by atoms with van der Waals surface area (Å²) in [6, 6.07) is 31.2. The molecule has 8 nitrogen and oxygen atoms in total. The van der Waals surface area contributed by atoms with Crippen molar-refractivity contribution in [3.05, 3.63) is 126 Å². The second-order valence-corrected chi connectivity index (χ2v) is 8.40. The first kappa shape index (κ1) is 27.7. The zero-order chi connectivity index (χ0) is 28.0. The third kappa shape index (κ3) is 8.88. The molecule has 8 heteroatoms. The van der Waals surface area contributed by atoms with E-state index < -0.39 is 11.9 Å². The average molecular weight is 537 g/mol. The number of carbonyl (C=O) groups excluding carboxylic acids is 2. The van der Waals surface area contributed by atoms with Crippen molar-refractivity contribution in [2.24, 2.45) is 5.10 Å². The molecule has 0 fully saturated rings. The number of ether oxygens (including phenoxy) is 4. The minimum Gasteiger partial charge on any atom is -0.493 e. The summed E-state index contributed by atoms with van der Waals surface area (Å²) < 4.78 is 22.0. The van der Waals surface area contributed by atoms with E-state index in [4.69, 9.17) is 18.9 Å². The van der Waals surface area contributed by atoms with E-state index >= 15 is 0 Å². The zero-order valence-electron chi connectivity index (χ0n) is 21.9. The van der Waals surface area contributed by atoms with Gasteiger partial charge in [0.25, 0.3) is 5.91 Å². The number of nitrogens with one attached hydrogen (secondary N) is 1. The average Bonchev–Trinajstić information content (AvgIpc) is 3.00. The molecule has 0 radical (unpaired) electrons. The number of methoxy groups -OCH3 is 1. The Labute approximate surface area is 232 Å². The number of nitrogens with zero attached hydrogens (tertiary/aromatic N) is 1. The molecule has 0 aliphatic heterocycles. The summed E-state index contributed by atoms with van der Waals surface area (Å²) in [5.41, 5.74) is 5.00. The zero-order valence-corrected chi connectivity index (χ0v) is 21.9. The van der Waals surface area contributed by atoms with Crippen LogP contribution in [0.15, 0.2) is 114 Å². The van der Waals surface area contributed by atoms with Crippen molar-refractivity contribution in [2.45, 2.75) is 6.61 Å². The maximum atomic E-state index is 12.2. The van der Waals surface area contributed by atoms with Gasteiger partial charge in [0.05, 0.1) is 13.3 Å². The molecular weight excluding hydrogens is 508 g/mol. The van der Waals surface area contributed by atoms with Gasteiger partial charge in [-0.15, -0.1) is 0 Å². The van der Waals surface area contributed by atoms with Crippen LogP contribution in [0.5, 0.6) is 23.0 Å². The molecule has 0 unspecified atom stereocenters. The van der Waals surface area contributed by atoms with E-state index in [-0.39, 0.29) is 12.4 Å². The van der Waals surface area contributed by atoms with Crippen molar-refractivity contribution >= 4 is 24.2 Å². The highest BCUT2D eigenvalue weighted by molar-refractivity contribution is 5.89. The van der Waals surface area contributed by atoms with Crippen molar-refractivity contribution in [1.82, 2.24) is 5.43 Å². The molecule has 202 valence electrons. The molecule has 0 spiro atoms. The Morgan fingerprint density at radius 1 is 0.775 bits per heavy atom. The summed E-state index contributed by atoms with van der Waals surface area (Å²) in [7, 11) is 1.47. The monoisotopic (exact) mass is 536 g/mol. The molecule has 4 aromatic carbocycles. The lowest BCUT2D eigenvalue weighted by Crippen LogP contribution is -2.24. The molecule has 4 aromatic rings. The van der Waals surface area contributed by atoms with Gasteiger partial charge < -0.3 is 18.9 Å². The van der Waals surface area contributed by atoms with E-state index in [2.05, 4.69) is 10.5 Å². The Balaban J connectivity index is 1.21. The molecule has 0 aliphatic carbocycles. The highest BCUT2D eigenvalue weighted by Crippen LogP contribution is 2.28. The van der Waals surface area contributed by atoms with E-state index in [1.165, 1.54) is 19.4 Å². The lowest BCUT2D eigenvalue weighted by molar-refractivity contribution is -0.129. The summed E-state index contributed by atoms with van der Waals surface area (Å²) in [6.07, 6.45) is 4.45. The number of carbonyl (C=O) groups is 2. The summed E-state index contributed by atoms with van der Waals surface area (Å²) >= 11 is 0. The Bertz CT molecular complexity index is 1450. The fraction of sp³-hybridized carbons (Fsp3) is 0.0938. The van der Waals surface area contributed by atoms with Crippen molar-refractivity contribution in [3.8, 4) is 23.0 Å². The number of hydrogen-bond acceptors (Lipinski definition) is 7. The van der Waals surface area contributed by atoms with Crippen LogP contribution in [-0.2, 0) is 16.2 Å². The summed E-state index contributed by atoms with van der Waals surface area (Å²) in [4.78, 5) is 24.3. The number of hydrazone groups is 1. The third-order valence-electron chi connectivity index (χ3n) is 5.45. The summed E-state index contributed by atoms with van der Waals surface area (Å²) in [5, 5.41) is 3.95. The predicted molar refractivity (Wildman–Crippen MR) is 153 cm³/mol. The van der Waals surface area contributed by atoms with Crippen LogP contribution < -0.4 is 24.4 Å². The van der Waals surface area contributed by atoms with Gasteiger partial charge >= 0.3 is 5.97 Å². The molecule has 1 N–H and O–H groups in total. The van der Waals surface area contributed by atoms with Gasteiger partial charge in [-0.25, -0.2) is 10.2 Å². The molecule has 4 rings (SSSR count). The molecule has 0 bridgehead atoms. The summed E-state index contributed by atoms with van der Waals surface area (Å²) in [6.45, 7) is 0.254. The second-order valence-electron chi connectivity index (χ2n) is 8.40. The van der Waals surface area contributed by atoms with Gasteiger partial charge in [-0.1, -0.05) is 60.7 Å².